The molecule has 0 radical (unpaired) electrons. The van der Waals surface area contributed by atoms with E-state index in [0.29, 0.717) is 0 Å². The molecule has 0 amide bonds. The molecule has 0 spiro atoms. The SMILES string of the molecule is CCC(C)(C)OCC1CCNCC1. The van der Waals surface area contributed by atoms with Crippen LogP contribution in [0.1, 0.15) is 40.0 Å². The largest absolute Gasteiger partial charge is 0.375 e. The van der Waals surface area contributed by atoms with Crippen LogP contribution in [0.2, 0.25) is 0 Å². The van der Waals surface area contributed by atoms with Gasteiger partial charge in [-0.3, -0.25) is 0 Å². The highest BCUT2D eigenvalue weighted by molar-refractivity contribution is 4.71. The Labute approximate surface area is 82.0 Å². The highest BCUT2D eigenvalue weighted by atomic mass is 16.5. The van der Waals surface area contributed by atoms with Crippen LogP contribution in [0.25, 0.3) is 0 Å². The van der Waals surface area contributed by atoms with Gasteiger partial charge in [0.25, 0.3) is 0 Å². The van der Waals surface area contributed by atoms with Gasteiger partial charge in [-0.15, -0.1) is 0 Å². The van der Waals surface area contributed by atoms with Gasteiger partial charge in [-0.05, 0) is 52.1 Å². The molecule has 0 aromatic heterocycles. The maximum Gasteiger partial charge on any atom is 0.0624 e. The average Bonchev–Trinajstić information content (AvgIpc) is 2.17. The molecule has 0 atom stereocenters. The van der Waals surface area contributed by atoms with Crippen molar-refractivity contribution in [3.05, 3.63) is 0 Å². The molecule has 1 aliphatic heterocycles. The van der Waals surface area contributed by atoms with Gasteiger partial charge in [-0.25, -0.2) is 0 Å². The van der Waals surface area contributed by atoms with E-state index in [1.54, 1.807) is 0 Å². The molecule has 0 aromatic rings. The van der Waals surface area contributed by atoms with Gasteiger partial charge in [-0.1, -0.05) is 6.92 Å². The first-order valence-corrected chi connectivity index (χ1v) is 5.49. The Hall–Kier alpha value is -0.0800. The molecule has 1 rings (SSSR count). The van der Waals surface area contributed by atoms with Crippen molar-refractivity contribution in [1.29, 1.82) is 0 Å². The number of nitrogens with one attached hydrogen (secondary N) is 1. The van der Waals surface area contributed by atoms with Gasteiger partial charge in [0.15, 0.2) is 0 Å². The molecule has 1 heterocycles. The lowest BCUT2D eigenvalue weighted by molar-refractivity contribution is -0.0415. The molecule has 1 fully saturated rings. The number of rotatable bonds is 4. The van der Waals surface area contributed by atoms with Gasteiger partial charge in [-0.2, -0.15) is 0 Å². The first kappa shape index (κ1) is 11.0. The summed E-state index contributed by atoms with van der Waals surface area (Å²) in [7, 11) is 0. The van der Waals surface area contributed by atoms with Crippen molar-refractivity contribution < 1.29 is 4.74 Å². The molecule has 13 heavy (non-hydrogen) atoms. The first-order valence-electron chi connectivity index (χ1n) is 5.49. The van der Waals surface area contributed by atoms with E-state index in [0.717, 1.165) is 18.9 Å². The minimum Gasteiger partial charge on any atom is -0.375 e. The minimum absolute atomic E-state index is 0.0743. The number of hydrogen-bond acceptors (Lipinski definition) is 2. The van der Waals surface area contributed by atoms with Gasteiger partial charge < -0.3 is 10.1 Å². The molecular weight excluding hydrogens is 162 g/mol. The second-order valence-corrected chi connectivity index (χ2v) is 4.62. The van der Waals surface area contributed by atoms with E-state index in [2.05, 4.69) is 26.1 Å². The predicted octanol–water partition coefficient (Wildman–Crippen LogP) is 2.19. The van der Waals surface area contributed by atoms with E-state index >= 15 is 0 Å². The number of hydrogen-bond donors (Lipinski definition) is 1. The lowest BCUT2D eigenvalue weighted by Crippen LogP contribution is -2.33. The lowest BCUT2D eigenvalue weighted by Gasteiger charge is -2.29. The summed E-state index contributed by atoms with van der Waals surface area (Å²) in [5.41, 5.74) is 0.0743. The van der Waals surface area contributed by atoms with E-state index in [4.69, 9.17) is 4.74 Å². The van der Waals surface area contributed by atoms with E-state index in [1.165, 1.54) is 25.9 Å². The third kappa shape index (κ3) is 4.10. The summed E-state index contributed by atoms with van der Waals surface area (Å²) in [5.74, 6) is 0.784. The third-order valence-corrected chi connectivity index (χ3v) is 3.02. The molecule has 1 aliphatic rings. The summed E-state index contributed by atoms with van der Waals surface area (Å²) in [6.07, 6.45) is 3.65. The molecule has 1 N–H and O–H groups in total. The molecule has 0 unspecified atom stereocenters. The van der Waals surface area contributed by atoms with Gasteiger partial charge in [0.2, 0.25) is 0 Å². The van der Waals surface area contributed by atoms with Crippen LogP contribution in [0.15, 0.2) is 0 Å². The Morgan fingerprint density at radius 3 is 2.46 bits per heavy atom. The fourth-order valence-corrected chi connectivity index (χ4v) is 1.49. The Balaban J connectivity index is 2.17. The van der Waals surface area contributed by atoms with Crippen molar-refractivity contribution in [2.45, 2.75) is 45.6 Å². The van der Waals surface area contributed by atoms with E-state index in [9.17, 15) is 0 Å². The molecular formula is C11H23NO. The molecule has 78 valence electrons. The van der Waals surface area contributed by atoms with E-state index in [-0.39, 0.29) is 5.60 Å². The Bertz CT molecular complexity index is 139. The lowest BCUT2D eigenvalue weighted by atomic mass is 9.98. The Morgan fingerprint density at radius 1 is 1.31 bits per heavy atom. The molecule has 0 aliphatic carbocycles. The zero-order valence-electron chi connectivity index (χ0n) is 9.23. The van der Waals surface area contributed by atoms with Crippen LogP contribution in [0.4, 0.5) is 0 Å². The summed E-state index contributed by atoms with van der Waals surface area (Å²) in [4.78, 5) is 0. The fraction of sp³-hybridized carbons (Fsp3) is 1.00. The van der Waals surface area contributed by atoms with Crippen LogP contribution in [-0.2, 0) is 4.74 Å². The van der Waals surface area contributed by atoms with Crippen molar-refractivity contribution >= 4 is 0 Å². The summed E-state index contributed by atoms with van der Waals surface area (Å²) in [5, 5.41) is 3.37. The van der Waals surface area contributed by atoms with Gasteiger partial charge >= 0.3 is 0 Å². The highest BCUT2D eigenvalue weighted by Crippen LogP contribution is 2.18. The zero-order valence-corrected chi connectivity index (χ0v) is 9.23. The monoisotopic (exact) mass is 185 g/mol. The van der Waals surface area contributed by atoms with Crippen LogP contribution in [-0.4, -0.2) is 25.3 Å². The molecule has 0 saturated carbocycles. The van der Waals surface area contributed by atoms with Crippen molar-refractivity contribution in [3.8, 4) is 0 Å². The van der Waals surface area contributed by atoms with Gasteiger partial charge in [0, 0.05) is 0 Å². The van der Waals surface area contributed by atoms with Crippen LogP contribution in [0.5, 0.6) is 0 Å². The highest BCUT2D eigenvalue weighted by Gasteiger charge is 2.19. The molecule has 0 bridgehead atoms. The van der Waals surface area contributed by atoms with Crippen LogP contribution >= 0.6 is 0 Å². The molecule has 1 saturated heterocycles. The molecule has 2 nitrogen and oxygen atoms in total. The second-order valence-electron chi connectivity index (χ2n) is 4.62. The Kier molecular flexibility index (Phi) is 4.20. The minimum atomic E-state index is 0.0743. The fourth-order valence-electron chi connectivity index (χ4n) is 1.49. The number of piperidine rings is 1. The molecule has 0 aromatic carbocycles. The van der Waals surface area contributed by atoms with Gasteiger partial charge in [0.05, 0.1) is 12.2 Å². The molecule has 2 heteroatoms. The Morgan fingerprint density at radius 2 is 1.92 bits per heavy atom. The number of ether oxygens (including phenoxy) is 1. The van der Waals surface area contributed by atoms with Crippen molar-refractivity contribution in [1.82, 2.24) is 5.32 Å². The van der Waals surface area contributed by atoms with Crippen LogP contribution in [0.3, 0.4) is 0 Å². The predicted molar refractivity (Wildman–Crippen MR) is 55.9 cm³/mol. The standard InChI is InChI=1S/C11H23NO/c1-4-11(2,3)13-9-10-5-7-12-8-6-10/h10,12H,4-9H2,1-3H3. The normalized spacial score (nSPS) is 20.5. The average molecular weight is 185 g/mol. The van der Waals surface area contributed by atoms with Crippen molar-refractivity contribution in [2.75, 3.05) is 19.7 Å². The summed E-state index contributed by atoms with van der Waals surface area (Å²) < 4.78 is 5.89. The van der Waals surface area contributed by atoms with Crippen molar-refractivity contribution in [3.63, 3.8) is 0 Å². The summed E-state index contributed by atoms with van der Waals surface area (Å²) in [6.45, 7) is 9.81. The first-order chi connectivity index (χ1) is 6.14. The summed E-state index contributed by atoms with van der Waals surface area (Å²) in [6, 6.07) is 0. The summed E-state index contributed by atoms with van der Waals surface area (Å²) >= 11 is 0. The van der Waals surface area contributed by atoms with Crippen LogP contribution in [0, 0.1) is 5.92 Å². The maximum absolute atomic E-state index is 5.89. The quantitative estimate of drug-likeness (QED) is 0.725. The maximum atomic E-state index is 5.89. The third-order valence-electron chi connectivity index (χ3n) is 3.02. The zero-order chi connectivity index (χ0) is 9.73. The smallest absolute Gasteiger partial charge is 0.0624 e. The topological polar surface area (TPSA) is 21.3 Å². The van der Waals surface area contributed by atoms with Crippen LogP contribution < -0.4 is 5.32 Å². The van der Waals surface area contributed by atoms with Gasteiger partial charge in [0.1, 0.15) is 0 Å². The van der Waals surface area contributed by atoms with Crippen molar-refractivity contribution in [2.24, 2.45) is 5.92 Å². The van der Waals surface area contributed by atoms with E-state index < -0.39 is 0 Å². The second kappa shape index (κ2) is 4.97. The van der Waals surface area contributed by atoms with E-state index in [1.807, 2.05) is 0 Å².